The number of carbonyl (C=O) groups excluding carboxylic acids is 3. The Morgan fingerprint density at radius 1 is 0.515 bits per heavy atom. The van der Waals surface area contributed by atoms with Crippen LogP contribution in [0.4, 0.5) is 0 Å². The second-order valence-corrected chi connectivity index (χ2v) is 7.49. The number of benzene rings is 4. The van der Waals surface area contributed by atoms with E-state index in [2.05, 4.69) is 0 Å². The maximum Gasteiger partial charge on any atom is 0.193 e. The van der Waals surface area contributed by atoms with Gasteiger partial charge in [-0.15, -0.1) is 0 Å². The molecule has 33 heavy (non-hydrogen) atoms. The first-order valence-electron chi connectivity index (χ1n) is 10.3. The summed E-state index contributed by atoms with van der Waals surface area (Å²) >= 11 is 0. The van der Waals surface area contributed by atoms with E-state index in [-0.39, 0.29) is 23.1 Å². The molecule has 4 aromatic rings. The highest BCUT2D eigenvalue weighted by molar-refractivity contribution is 6.10. The third kappa shape index (κ3) is 5.05. The van der Waals surface area contributed by atoms with Gasteiger partial charge in [0, 0.05) is 27.8 Å². The molecule has 0 fully saturated rings. The summed E-state index contributed by atoms with van der Waals surface area (Å²) < 4.78 is 5.82. The quantitative estimate of drug-likeness (QED) is 0.368. The van der Waals surface area contributed by atoms with Crippen molar-refractivity contribution in [1.29, 1.82) is 0 Å². The Morgan fingerprint density at radius 2 is 0.818 bits per heavy atom. The van der Waals surface area contributed by atoms with E-state index in [0.29, 0.717) is 39.3 Å². The van der Waals surface area contributed by atoms with Gasteiger partial charge in [0.15, 0.2) is 17.3 Å². The average Bonchev–Trinajstić information content (AvgIpc) is 2.85. The molecule has 1 N–H and O–H groups in total. The van der Waals surface area contributed by atoms with Gasteiger partial charge in [0.1, 0.15) is 17.2 Å². The number of hydrogen-bond acceptors (Lipinski definition) is 5. The maximum absolute atomic E-state index is 12.7. The number of ketones is 3. The van der Waals surface area contributed by atoms with Crippen molar-refractivity contribution < 1.29 is 24.2 Å². The molecule has 5 heteroatoms. The molecule has 0 aliphatic heterocycles. The highest BCUT2D eigenvalue weighted by Gasteiger charge is 2.11. The summed E-state index contributed by atoms with van der Waals surface area (Å²) in [6.07, 6.45) is 0. The molecule has 0 aliphatic carbocycles. The minimum Gasteiger partial charge on any atom is -0.508 e. The smallest absolute Gasteiger partial charge is 0.193 e. The van der Waals surface area contributed by atoms with Crippen LogP contribution in [0.2, 0.25) is 0 Å². The van der Waals surface area contributed by atoms with Crippen LogP contribution in [0.1, 0.15) is 49.1 Å². The van der Waals surface area contributed by atoms with E-state index in [0.717, 1.165) is 0 Å². The van der Waals surface area contributed by atoms with Gasteiger partial charge in [-0.2, -0.15) is 0 Å². The fraction of sp³-hybridized carbons (Fsp3) is 0.0357. The Morgan fingerprint density at radius 3 is 1.18 bits per heavy atom. The van der Waals surface area contributed by atoms with Crippen LogP contribution < -0.4 is 4.74 Å². The zero-order chi connectivity index (χ0) is 23.4. The Kier molecular flexibility index (Phi) is 6.13. The van der Waals surface area contributed by atoms with Gasteiger partial charge in [-0.1, -0.05) is 24.3 Å². The van der Waals surface area contributed by atoms with Gasteiger partial charge in [-0.3, -0.25) is 14.4 Å². The van der Waals surface area contributed by atoms with Crippen LogP contribution in [0.25, 0.3) is 0 Å². The van der Waals surface area contributed by atoms with E-state index in [1.807, 2.05) is 0 Å². The molecular formula is C28H20O5. The van der Waals surface area contributed by atoms with Crippen molar-refractivity contribution in [3.63, 3.8) is 0 Å². The SMILES string of the molecule is CC(=O)c1ccc(C(=O)c2ccc(Oc3ccc(C(=O)c4ccc(O)cc4)cc3)cc2)cc1. The lowest BCUT2D eigenvalue weighted by atomic mass is 10.0. The van der Waals surface area contributed by atoms with Crippen molar-refractivity contribution in [2.75, 3.05) is 0 Å². The predicted octanol–water partition coefficient (Wildman–Crippen LogP) is 5.85. The maximum atomic E-state index is 12.7. The van der Waals surface area contributed by atoms with Crippen LogP contribution >= 0.6 is 0 Å². The molecule has 162 valence electrons. The van der Waals surface area contributed by atoms with Gasteiger partial charge in [-0.25, -0.2) is 0 Å². The van der Waals surface area contributed by atoms with Gasteiger partial charge in [-0.05, 0) is 79.7 Å². The van der Waals surface area contributed by atoms with Crippen LogP contribution in [0.3, 0.4) is 0 Å². The molecule has 4 rings (SSSR count). The lowest BCUT2D eigenvalue weighted by Gasteiger charge is -2.08. The molecular weight excluding hydrogens is 416 g/mol. The fourth-order valence-corrected chi connectivity index (χ4v) is 3.29. The molecule has 0 saturated heterocycles. The topological polar surface area (TPSA) is 80.7 Å². The molecule has 0 atom stereocenters. The van der Waals surface area contributed by atoms with Crippen LogP contribution in [-0.4, -0.2) is 22.5 Å². The zero-order valence-corrected chi connectivity index (χ0v) is 17.8. The molecule has 0 spiro atoms. The van der Waals surface area contributed by atoms with Crippen molar-refractivity contribution in [3.05, 3.63) is 125 Å². The minimum absolute atomic E-state index is 0.0479. The van der Waals surface area contributed by atoms with E-state index in [1.54, 1.807) is 84.9 Å². The number of phenolic OH excluding ortho intramolecular Hbond substituents is 1. The van der Waals surface area contributed by atoms with Crippen LogP contribution in [-0.2, 0) is 0 Å². The summed E-state index contributed by atoms with van der Waals surface area (Å²) in [4.78, 5) is 36.6. The molecule has 5 nitrogen and oxygen atoms in total. The number of phenols is 1. The van der Waals surface area contributed by atoms with E-state index in [1.165, 1.54) is 19.1 Å². The largest absolute Gasteiger partial charge is 0.508 e. The number of Topliss-reactive ketones (excluding diaryl/α,β-unsaturated/α-hetero) is 1. The molecule has 0 saturated carbocycles. The predicted molar refractivity (Wildman–Crippen MR) is 124 cm³/mol. The monoisotopic (exact) mass is 436 g/mol. The van der Waals surface area contributed by atoms with E-state index >= 15 is 0 Å². The molecule has 0 amide bonds. The summed E-state index contributed by atoms with van der Waals surface area (Å²) in [6.45, 7) is 1.48. The van der Waals surface area contributed by atoms with Crippen molar-refractivity contribution in [1.82, 2.24) is 0 Å². The zero-order valence-electron chi connectivity index (χ0n) is 17.8. The van der Waals surface area contributed by atoms with Crippen molar-refractivity contribution in [2.24, 2.45) is 0 Å². The summed E-state index contributed by atoms with van der Waals surface area (Å²) in [6, 6.07) is 26.2. The summed E-state index contributed by atoms with van der Waals surface area (Å²) in [5.41, 5.74) is 2.56. The lowest BCUT2D eigenvalue weighted by molar-refractivity contribution is 0.101. The third-order valence-corrected chi connectivity index (χ3v) is 5.15. The third-order valence-electron chi connectivity index (χ3n) is 5.15. The van der Waals surface area contributed by atoms with Crippen LogP contribution in [0.5, 0.6) is 17.2 Å². The van der Waals surface area contributed by atoms with Crippen LogP contribution in [0.15, 0.2) is 97.1 Å². The van der Waals surface area contributed by atoms with Gasteiger partial charge in [0.25, 0.3) is 0 Å². The van der Waals surface area contributed by atoms with E-state index in [4.69, 9.17) is 4.74 Å². The molecule has 0 bridgehead atoms. The van der Waals surface area contributed by atoms with E-state index in [9.17, 15) is 19.5 Å². The summed E-state index contributed by atoms with van der Waals surface area (Å²) in [5, 5.41) is 9.36. The summed E-state index contributed by atoms with van der Waals surface area (Å²) in [7, 11) is 0. The first kappa shape index (κ1) is 21.7. The average molecular weight is 436 g/mol. The van der Waals surface area contributed by atoms with Crippen molar-refractivity contribution >= 4 is 17.3 Å². The number of hydrogen-bond donors (Lipinski definition) is 1. The highest BCUT2D eigenvalue weighted by atomic mass is 16.5. The number of rotatable bonds is 7. The van der Waals surface area contributed by atoms with Gasteiger partial charge in [0.05, 0.1) is 0 Å². The molecule has 4 aromatic carbocycles. The van der Waals surface area contributed by atoms with Gasteiger partial charge < -0.3 is 9.84 Å². The summed E-state index contributed by atoms with van der Waals surface area (Å²) in [5.74, 6) is 0.865. The Labute approximate surface area is 190 Å². The van der Waals surface area contributed by atoms with Crippen LogP contribution in [0, 0.1) is 0 Å². The standard InChI is InChI=1S/C28H20O5/c1-18(29)19-2-4-20(5-3-19)27(31)22-8-14-25(15-9-22)33-26-16-10-23(11-17-26)28(32)21-6-12-24(30)13-7-21/h2-17,30H,1H3. The fourth-order valence-electron chi connectivity index (χ4n) is 3.29. The molecule has 0 unspecified atom stereocenters. The van der Waals surface area contributed by atoms with Crippen molar-refractivity contribution in [3.8, 4) is 17.2 Å². The highest BCUT2D eigenvalue weighted by Crippen LogP contribution is 2.24. The Hall–Kier alpha value is -4.51. The minimum atomic E-state index is -0.152. The second kappa shape index (κ2) is 9.32. The van der Waals surface area contributed by atoms with E-state index < -0.39 is 0 Å². The molecule has 0 radical (unpaired) electrons. The number of aromatic hydroxyl groups is 1. The number of ether oxygens (including phenoxy) is 1. The van der Waals surface area contributed by atoms with Gasteiger partial charge >= 0.3 is 0 Å². The Balaban J connectivity index is 1.42. The lowest BCUT2D eigenvalue weighted by Crippen LogP contribution is -2.02. The molecule has 0 aliphatic rings. The number of carbonyl (C=O) groups is 3. The molecule has 0 aromatic heterocycles. The second-order valence-electron chi connectivity index (χ2n) is 7.49. The first-order chi connectivity index (χ1) is 15.9. The van der Waals surface area contributed by atoms with Crippen molar-refractivity contribution in [2.45, 2.75) is 6.92 Å². The normalized spacial score (nSPS) is 10.5. The van der Waals surface area contributed by atoms with Gasteiger partial charge in [0.2, 0.25) is 0 Å². The Bertz CT molecular complexity index is 1300. The first-order valence-corrected chi connectivity index (χ1v) is 10.3. The molecule has 0 heterocycles.